The summed E-state index contributed by atoms with van der Waals surface area (Å²) in [5.41, 5.74) is 5.28. The van der Waals surface area contributed by atoms with Crippen molar-refractivity contribution in [1.29, 1.82) is 0 Å². The maximum Gasteiger partial charge on any atom is 0.159 e. The molecular weight excluding hydrogens is 303 g/mol. The Morgan fingerprint density at radius 1 is 0.800 bits per heavy atom. The molecule has 1 aromatic rings. The summed E-state index contributed by atoms with van der Waals surface area (Å²) in [5, 5.41) is 0.585. The molecule has 0 unspecified atom stereocenters. The summed E-state index contributed by atoms with van der Waals surface area (Å²) in [4.78, 5) is 0. The molecule has 0 aliphatic rings. The van der Waals surface area contributed by atoms with E-state index in [1.165, 1.54) is 0 Å². The molecule has 0 aliphatic heterocycles. The zero-order valence-corrected chi connectivity index (χ0v) is 11.1. The molecule has 0 aromatic heterocycles. The van der Waals surface area contributed by atoms with E-state index < -0.39 is 0 Å². The van der Waals surface area contributed by atoms with Crippen molar-refractivity contribution in [3.8, 4) is 5.75 Å². The second-order valence-electron chi connectivity index (χ2n) is 2.54. The van der Waals surface area contributed by atoms with E-state index in [1.54, 1.807) is 0 Å². The lowest BCUT2D eigenvalue weighted by Crippen LogP contribution is -2.11. The van der Waals surface area contributed by atoms with Crippen molar-refractivity contribution in [3.63, 3.8) is 0 Å². The van der Waals surface area contributed by atoms with Crippen molar-refractivity contribution in [3.05, 3.63) is 25.1 Å². The average molecular weight is 309 g/mol. The average Bonchev–Trinajstić information content (AvgIpc) is 2.24. The van der Waals surface area contributed by atoms with Gasteiger partial charge in [0.15, 0.2) is 5.75 Å². The summed E-state index contributed by atoms with van der Waals surface area (Å²) in [7, 11) is 0. The van der Waals surface area contributed by atoms with Gasteiger partial charge in [0.1, 0.15) is 16.7 Å². The van der Waals surface area contributed by atoms with Crippen LogP contribution in [0.2, 0.25) is 25.1 Å². The van der Waals surface area contributed by atoms with Crippen molar-refractivity contribution >= 4 is 58.0 Å². The zero-order chi connectivity index (χ0) is 11.6. The highest BCUT2D eigenvalue weighted by Crippen LogP contribution is 2.48. The molecule has 0 aliphatic carbocycles. The molecule has 0 heterocycles. The standard InChI is InChI=1S/C8H6Cl5NO/c9-3-4(10)6(12)8(15-2-1-14)7(13)5(3)11/h1-2,14H2. The Hall–Kier alpha value is 0.430. The van der Waals surface area contributed by atoms with Gasteiger partial charge in [-0.3, -0.25) is 0 Å². The van der Waals surface area contributed by atoms with E-state index in [0.29, 0.717) is 6.54 Å². The molecule has 0 radical (unpaired) electrons. The third kappa shape index (κ3) is 2.76. The highest BCUT2D eigenvalue weighted by atomic mass is 35.5. The van der Waals surface area contributed by atoms with Gasteiger partial charge in [-0.05, 0) is 0 Å². The molecule has 2 nitrogen and oxygen atoms in total. The minimum Gasteiger partial charge on any atom is -0.489 e. The van der Waals surface area contributed by atoms with E-state index in [1.807, 2.05) is 0 Å². The second-order valence-corrected chi connectivity index (χ2v) is 4.43. The lowest BCUT2D eigenvalue weighted by Gasteiger charge is -2.12. The summed E-state index contributed by atoms with van der Waals surface area (Å²) in [6, 6.07) is 0. The van der Waals surface area contributed by atoms with Crippen LogP contribution >= 0.6 is 58.0 Å². The van der Waals surface area contributed by atoms with Gasteiger partial charge in [-0.15, -0.1) is 0 Å². The van der Waals surface area contributed by atoms with E-state index >= 15 is 0 Å². The summed E-state index contributed by atoms with van der Waals surface area (Å²) >= 11 is 29.2. The first-order chi connectivity index (χ1) is 7.00. The van der Waals surface area contributed by atoms with Gasteiger partial charge in [0.25, 0.3) is 0 Å². The molecule has 2 N–H and O–H groups in total. The predicted molar refractivity (Wildman–Crippen MR) is 66.0 cm³/mol. The number of rotatable bonds is 3. The van der Waals surface area contributed by atoms with Crippen molar-refractivity contribution in [2.45, 2.75) is 0 Å². The minimum absolute atomic E-state index is 0.105. The SMILES string of the molecule is NCCOc1c(Cl)c(Cl)c(Cl)c(Cl)c1Cl. The molecule has 1 aromatic carbocycles. The third-order valence-corrected chi connectivity index (χ3v) is 3.78. The first-order valence-corrected chi connectivity index (χ1v) is 5.74. The van der Waals surface area contributed by atoms with Crippen molar-refractivity contribution in [2.24, 2.45) is 5.73 Å². The van der Waals surface area contributed by atoms with Crippen LogP contribution in [-0.2, 0) is 0 Å². The van der Waals surface area contributed by atoms with Gasteiger partial charge < -0.3 is 10.5 Å². The molecule has 0 saturated carbocycles. The van der Waals surface area contributed by atoms with Crippen LogP contribution in [0.1, 0.15) is 0 Å². The van der Waals surface area contributed by atoms with Gasteiger partial charge in [0.2, 0.25) is 0 Å². The first-order valence-electron chi connectivity index (χ1n) is 3.85. The van der Waals surface area contributed by atoms with E-state index in [0.717, 1.165) is 0 Å². The Morgan fingerprint density at radius 2 is 1.20 bits per heavy atom. The molecule has 0 atom stereocenters. The monoisotopic (exact) mass is 307 g/mol. The molecule has 0 saturated heterocycles. The normalized spacial score (nSPS) is 10.5. The Morgan fingerprint density at radius 3 is 1.60 bits per heavy atom. The number of benzene rings is 1. The summed E-state index contributed by atoms with van der Waals surface area (Å²) in [6.45, 7) is 0.582. The molecule has 7 heteroatoms. The number of nitrogens with two attached hydrogens (primary N) is 1. The number of halogens is 5. The molecule has 1 rings (SSSR count). The summed E-state index contributed by atoms with van der Waals surface area (Å²) in [6.07, 6.45) is 0. The summed E-state index contributed by atoms with van der Waals surface area (Å²) < 4.78 is 5.22. The van der Waals surface area contributed by atoms with Gasteiger partial charge in [-0.1, -0.05) is 58.0 Å². The fourth-order valence-corrected chi connectivity index (χ4v) is 2.10. The maximum atomic E-state index is 5.89. The van der Waals surface area contributed by atoms with Crippen molar-refractivity contribution in [1.82, 2.24) is 0 Å². The van der Waals surface area contributed by atoms with Crippen LogP contribution in [0.5, 0.6) is 5.75 Å². The Bertz CT molecular complexity index is 353. The van der Waals surface area contributed by atoms with Crippen LogP contribution in [0.25, 0.3) is 0 Å². The van der Waals surface area contributed by atoms with Gasteiger partial charge in [-0.2, -0.15) is 0 Å². The van der Waals surface area contributed by atoms with Crippen LogP contribution in [0.15, 0.2) is 0 Å². The Kier molecular flexibility index (Phi) is 5.10. The topological polar surface area (TPSA) is 35.2 Å². The van der Waals surface area contributed by atoms with Gasteiger partial charge in [-0.25, -0.2) is 0 Å². The number of ether oxygens (including phenoxy) is 1. The van der Waals surface area contributed by atoms with Crippen molar-refractivity contribution in [2.75, 3.05) is 13.2 Å². The fraction of sp³-hybridized carbons (Fsp3) is 0.250. The van der Waals surface area contributed by atoms with Crippen LogP contribution < -0.4 is 10.5 Å². The highest BCUT2D eigenvalue weighted by Gasteiger charge is 2.20. The zero-order valence-electron chi connectivity index (χ0n) is 7.29. The van der Waals surface area contributed by atoms with E-state index in [2.05, 4.69) is 0 Å². The summed E-state index contributed by atoms with van der Waals surface area (Å²) in [5.74, 6) is 0.197. The van der Waals surface area contributed by atoms with Crippen molar-refractivity contribution < 1.29 is 4.74 Å². The predicted octanol–water partition coefficient (Wildman–Crippen LogP) is 4.29. The lowest BCUT2D eigenvalue weighted by molar-refractivity contribution is 0.329. The maximum absolute atomic E-state index is 5.89. The number of hydrogen-bond acceptors (Lipinski definition) is 2. The molecule has 15 heavy (non-hydrogen) atoms. The van der Waals surface area contributed by atoms with Gasteiger partial charge >= 0.3 is 0 Å². The van der Waals surface area contributed by atoms with Crippen LogP contribution in [0.3, 0.4) is 0 Å². The first kappa shape index (κ1) is 13.5. The van der Waals surface area contributed by atoms with Crippen LogP contribution in [0, 0.1) is 0 Å². The minimum atomic E-state index is 0.105. The fourth-order valence-electron chi connectivity index (χ4n) is 0.872. The molecule has 0 spiro atoms. The molecule has 0 amide bonds. The molecule has 84 valence electrons. The molecule has 0 fully saturated rings. The van der Waals surface area contributed by atoms with E-state index in [9.17, 15) is 0 Å². The third-order valence-electron chi connectivity index (χ3n) is 1.53. The lowest BCUT2D eigenvalue weighted by atomic mass is 10.3. The van der Waals surface area contributed by atoms with Gasteiger partial charge in [0.05, 0.1) is 15.1 Å². The second kappa shape index (κ2) is 5.67. The van der Waals surface area contributed by atoms with Gasteiger partial charge in [0, 0.05) is 6.54 Å². The van der Waals surface area contributed by atoms with Crippen LogP contribution in [-0.4, -0.2) is 13.2 Å². The highest BCUT2D eigenvalue weighted by molar-refractivity contribution is 6.55. The van der Waals surface area contributed by atoms with E-state index in [4.69, 9.17) is 68.5 Å². The molecular formula is C8H6Cl5NO. The quantitative estimate of drug-likeness (QED) is 0.668. The Balaban J connectivity index is 3.26. The molecule has 0 bridgehead atoms. The Labute approximate surface area is 112 Å². The van der Waals surface area contributed by atoms with E-state index in [-0.39, 0.29) is 37.5 Å². The number of hydrogen-bond donors (Lipinski definition) is 1. The largest absolute Gasteiger partial charge is 0.489 e. The van der Waals surface area contributed by atoms with Crippen LogP contribution in [0.4, 0.5) is 0 Å². The smallest absolute Gasteiger partial charge is 0.159 e.